The summed E-state index contributed by atoms with van der Waals surface area (Å²) in [6.45, 7) is 2.20. The van der Waals surface area contributed by atoms with E-state index < -0.39 is 11.2 Å². The monoisotopic (exact) mass is 395 g/mol. The van der Waals surface area contributed by atoms with Crippen LogP contribution < -0.4 is 4.74 Å². The average molecular weight is 395 g/mol. The van der Waals surface area contributed by atoms with E-state index in [4.69, 9.17) is 4.74 Å². The lowest BCUT2D eigenvalue weighted by atomic mass is 10.2. The molecule has 0 aliphatic heterocycles. The van der Waals surface area contributed by atoms with Crippen molar-refractivity contribution in [2.45, 2.75) is 24.4 Å². The first-order valence-corrected chi connectivity index (χ1v) is 10.1. The molecule has 0 bridgehead atoms. The number of nitrogens with zero attached hydrogens (tertiary/aromatic N) is 2. The van der Waals surface area contributed by atoms with Gasteiger partial charge in [0, 0.05) is 22.9 Å². The van der Waals surface area contributed by atoms with Gasteiger partial charge in [-0.15, -0.1) is 0 Å². The van der Waals surface area contributed by atoms with Crippen molar-refractivity contribution in [2.75, 3.05) is 0 Å². The summed E-state index contributed by atoms with van der Waals surface area (Å²) in [5.74, 6) is 0.620. The highest BCUT2D eigenvalue weighted by molar-refractivity contribution is 7.90. The van der Waals surface area contributed by atoms with Crippen molar-refractivity contribution < 1.29 is 13.7 Å². The molecule has 0 amide bonds. The highest BCUT2D eigenvalue weighted by atomic mass is 32.2. The maximum Gasteiger partial charge on any atom is 0.322 e. The van der Waals surface area contributed by atoms with Crippen LogP contribution in [0.3, 0.4) is 0 Å². The minimum absolute atomic E-state index is 0.236. The zero-order valence-corrected chi connectivity index (χ0v) is 16.0. The molecule has 0 saturated carbocycles. The fraction of sp³-hybridized carbons (Fsp3) is 0.143. The fourth-order valence-electron chi connectivity index (χ4n) is 2.83. The minimum atomic E-state index is -1.35. The summed E-state index contributed by atoms with van der Waals surface area (Å²) in [5, 5.41) is 0.431. The quantitative estimate of drug-likeness (QED) is 0.494. The number of hydrogen-bond acceptors (Lipinski definition) is 4. The summed E-state index contributed by atoms with van der Waals surface area (Å²) < 4.78 is 31.6. The highest BCUT2D eigenvalue weighted by Gasteiger charge is 2.20. The summed E-state index contributed by atoms with van der Waals surface area (Å²) >= 11 is -1.35. The van der Waals surface area contributed by atoms with Crippen LogP contribution in [-0.4, -0.2) is 19.5 Å². The van der Waals surface area contributed by atoms with Crippen LogP contribution in [0, 0.1) is 12.7 Å². The largest absolute Gasteiger partial charge is 0.609 e. The molecule has 4 rings (SSSR count). The Morgan fingerprint density at radius 2 is 1.89 bits per heavy atom. The van der Waals surface area contributed by atoms with E-state index >= 15 is 0 Å². The van der Waals surface area contributed by atoms with Gasteiger partial charge in [-0.05, 0) is 42.8 Å². The van der Waals surface area contributed by atoms with E-state index in [1.165, 1.54) is 12.1 Å². The van der Waals surface area contributed by atoms with Gasteiger partial charge in [0.25, 0.3) is 0 Å². The molecule has 0 aliphatic rings. The molecule has 7 heteroatoms. The second-order valence-corrected chi connectivity index (χ2v) is 7.71. The van der Waals surface area contributed by atoms with Crippen molar-refractivity contribution in [1.29, 1.82) is 0 Å². The number of aromatic amines is 1. The third kappa shape index (κ3) is 4.00. The minimum Gasteiger partial charge on any atom is -0.609 e. The molecule has 4 aromatic rings. The molecule has 1 N–H and O–H groups in total. The highest BCUT2D eigenvalue weighted by Crippen LogP contribution is 2.24. The fourth-order valence-corrected chi connectivity index (χ4v) is 3.93. The number of benzene rings is 2. The van der Waals surface area contributed by atoms with Gasteiger partial charge >= 0.3 is 5.16 Å². The second kappa shape index (κ2) is 8.00. The summed E-state index contributed by atoms with van der Waals surface area (Å²) in [6.07, 6.45) is 1.64. The average Bonchev–Trinajstić information content (AvgIpc) is 3.14. The number of nitrogens with one attached hydrogen (secondary N) is 1. The van der Waals surface area contributed by atoms with Crippen LogP contribution in [0.15, 0.2) is 66.0 Å². The van der Waals surface area contributed by atoms with Crippen LogP contribution in [0.2, 0.25) is 0 Å². The van der Waals surface area contributed by atoms with Crippen molar-refractivity contribution in [3.63, 3.8) is 0 Å². The summed E-state index contributed by atoms with van der Waals surface area (Å²) in [4.78, 5) is 11.9. The number of fused-ring (bicyclic) bond motifs is 1. The van der Waals surface area contributed by atoms with E-state index in [1.54, 1.807) is 24.4 Å². The number of halogens is 1. The molecule has 1 unspecified atom stereocenters. The number of rotatable bonds is 6. The Kier molecular flexibility index (Phi) is 5.27. The Balaban J connectivity index is 1.48. The van der Waals surface area contributed by atoms with Crippen molar-refractivity contribution >= 4 is 22.2 Å². The number of aromatic nitrogens is 3. The Bertz CT molecular complexity index is 1070. The first-order chi connectivity index (χ1) is 13.6. The van der Waals surface area contributed by atoms with Crippen molar-refractivity contribution in [3.8, 4) is 5.75 Å². The van der Waals surface area contributed by atoms with Crippen LogP contribution in [0.1, 0.15) is 16.8 Å². The third-order valence-corrected chi connectivity index (χ3v) is 5.58. The van der Waals surface area contributed by atoms with Crippen LogP contribution in [0.4, 0.5) is 4.39 Å². The van der Waals surface area contributed by atoms with E-state index in [0.29, 0.717) is 23.2 Å². The summed E-state index contributed by atoms with van der Waals surface area (Å²) in [6, 6.07) is 15.5. The van der Waals surface area contributed by atoms with Crippen LogP contribution in [-0.2, 0) is 23.5 Å². The molecule has 5 nitrogen and oxygen atoms in total. The lowest BCUT2D eigenvalue weighted by Gasteiger charge is -2.13. The third-order valence-electron chi connectivity index (χ3n) is 4.42. The Morgan fingerprint density at radius 3 is 2.68 bits per heavy atom. The number of para-hydroxylation sites is 2. The molecule has 142 valence electrons. The van der Waals surface area contributed by atoms with Gasteiger partial charge < -0.3 is 9.29 Å². The molecule has 2 aromatic heterocycles. The van der Waals surface area contributed by atoms with E-state index in [-0.39, 0.29) is 11.6 Å². The number of H-pyrrole nitrogens is 1. The molecular weight excluding hydrogens is 377 g/mol. The van der Waals surface area contributed by atoms with E-state index in [0.717, 1.165) is 22.2 Å². The van der Waals surface area contributed by atoms with Gasteiger partial charge in [-0.1, -0.05) is 24.3 Å². The Hall–Kier alpha value is -2.90. The molecular formula is C21H18FN3O2S. The standard InChI is InChI=1S/C21H18FN3O2S/c1-14-19(13-28(26)21-24-17-4-2-3-5-18(17)25-21)23-11-10-20(14)27-12-15-6-8-16(22)9-7-15/h2-11H,12-13H2,1H3,(H,24,25). The zero-order chi connectivity index (χ0) is 19.5. The van der Waals surface area contributed by atoms with Gasteiger partial charge in [0.15, 0.2) is 5.75 Å². The molecule has 2 heterocycles. The molecule has 0 saturated heterocycles. The molecule has 0 spiro atoms. The topological polar surface area (TPSA) is 73.9 Å². The SMILES string of the molecule is Cc1c(OCc2ccc(F)cc2)ccnc1C[S+]([O-])c1nc2ccccc2[nH]1. The number of imidazole rings is 1. The van der Waals surface area contributed by atoms with Gasteiger partial charge in [0.05, 0.1) is 16.7 Å². The van der Waals surface area contributed by atoms with E-state index in [9.17, 15) is 8.94 Å². The van der Waals surface area contributed by atoms with Gasteiger partial charge in [-0.3, -0.25) is 9.97 Å². The smallest absolute Gasteiger partial charge is 0.322 e. The van der Waals surface area contributed by atoms with Gasteiger partial charge in [-0.25, -0.2) is 4.39 Å². The lowest BCUT2D eigenvalue weighted by molar-refractivity contribution is 0.303. The molecule has 0 fully saturated rings. The Labute approximate surface area is 164 Å². The predicted molar refractivity (Wildman–Crippen MR) is 106 cm³/mol. The van der Waals surface area contributed by atoms with Crippen molar-refractivity contribution in [2.24, 2.45) is 0 Å². The molecule has 1 atom stereocenters. The molecule has 0 radical (unpaired) electrons. The van der Waals surface area contributed by atoms with Gasteiger partial charge in [-0.2, -0.15) is 4.98 Å². The van der Waals surface area contributed by atoms with Crippen LogP contribution in [0.25, 0.3) is 11.0 Å². The van der Waals surface area contributed by atoms with Gasteiger partial charge in [0.2, 0.25) is 0 Å². The van der Waals surface area contributed by atoms with E-state index in [2.05, 4.69) is 15.0 Å². The molecule has 0 aliphatic carbocycles. The Morgan fingerprint density at radius 1 is 1.11 bits per heavy atom. The molecule has 28 heavy (non-hydrogen) atoms. The van der Waals surface area contributed by atoms with Crippen molar-refractivity contribution in [3.05, 3.63) is 83.4 Å². The molecule has 2 aromatic carbocycles. The second-order valence-electron chi connectivity index (χ2n) is 6.34. The van der Waals surface area contributed by atoms with Gasteiger partial charge in [0.1, 0.15) is 18.2 Å². The maximum absolute atomic E-state index is 13.0. The maximum atomic E-state index is 13.0. The number of ether oxygens (including phenoxy) is 1. The zero-order valence-electron chi connectivity index (χ0n) is 15.2. The lowest BCUT2D eigenvalue weighted by Crippen LogP contribution is -2.10. The van der Waals surface area contributed by atoms with Crippen LogP contribution in [0.5, 0.6) is 5.75 Å². The van der Waals surface area contributed by atoms with E-state index in [1.807, 2.05) is 31.2 Å². The predicted octanol–water partition coefficient (Wildman–Crippen LogP) is 4.29. The number of pyridine rings is 1. The first-order valence-electron chi connectivity index (χ1n) is 8.75. The first kappa shape index (κ1) is 18.5. The normalized spacial score (nSPS) is 12.2. The van der Waals surface area contributed by atoms with Crippen LogP contribution >= 0.6 is 0 Å². The summed E-state index contributed by atoms with van der Waals surface area (Å²) in [7, 11) is 0. The summed E-state index contributed by atoms with van der Waals surface area (Å²) in [5.41, 5.74) is 4.02. The number of hydrogen-bond donors (Lipinski definition) is 1. The van der Waals surface area contributed by atoms with Crippen molar-refractivity contribution in [1.82, 2.24) is 15.0 Å².